The van der Waals surface area contributed by atoms with Crippen LogP contribution in [0, 0.1) is 0 Å². The lowest BCUT2D eigenvalue weighted by atomic mass is 10.6. The molecule has 1 aromatic rings. The van der Waals surface area contributed by atoms with Crippen LogP contribution in [0.2, 0.25) is 0 Å². The molecule has 0 amide bonds. The number of nitrogens with zero attached hydrogens (tertiary/aromatic N) is 4. The van der Waals surface area contributed by atoms with Crippen molar-refractivity contribution in [3.05, 3.63) is 12.4 Å². The van der Waals surface area contributed by atoms with Gasteiger partial charge < -0.3 is 4.74 Å². The first kappa shape index (κ1) is 8.38. The largest absolute Gasteiger partial charge is 0.463 e. The van der Waals surface area contributed by atoms with Crippen molar-refractivity contribution in [3.63, 3.8) is 0 Å². The molecule has 0 radical (unpaired) electrons. The van der Waals surface area contributed by atoms with Crippen molar-refractivity contribution < 1.29 is 9.53 Å². The van der Waals surface area contributed by atoms with Crippen molar-refractivity contribution in [1.82, 2.24) is 20.2 Å². The van der Waals surface area contributed by atoms with Gasteiger partial charge in [0.25, 0.3) is 0 Å². The number of tetrazole rings is 1. The fourth-order valence-electron chi connectivity index (χ4n) is 0.561. The van der Waals surface area contributed by atoms with Crippen LogP contribution in [0.5, 0.6) is 0 Å². The Morgan fingerprint density at radius 1 is 1.75 bits per heavy atom. The Balaban J connectivity index is 2.45. The number of esters is 1. The molecule has 0 fully saturated rings. The fourth-order valence-corrected chi connectivity index (χ4v) is 0.561. The Hall–Kier alpha value is -1.72. The Labute approximate surface area is 68.8 Å². The molecule has 0 unspecified atom stereocenters. The summed E-state index contributed by atoms with van der Waals surface area (Å²) < 4.78 is 4.63. The standard InChI is InChI=1S/C6H8N4O2/c1-2-12-6(11)3-4-10-8-5-7-9-10/h3-5H,2H2,1H3/b4-3+. The van der Waals surface area contributed by atoms with E-state index in [1.807, 2.05) is 0 Å². The third kappa shape index (κ3) is 2.49. The van der Waals surface area contributed by atoms with Gasteiger partial charge in [-0.1, -0.05) is 0 Å². The minimum absolute atomic E-state index is 0.355. The van der Waals surface area contributed by atoms with Gasteiger partial charge >= 0.3 is 5.97 Å². The average molecular weight is 168 g/mol. The molecule has 1 heterocycles. The van der Waals surface area contributed by atoms with E-state index in [1.54, 1.807) is 6.92 Å². The van der Waals surface area contributed by atoms with Crippen LogP contribution >= 0.6 is 0 Å². The Kier molecular flexibility index (Phi) is 2.95. The molecule has 0 spiro atoms. The average Bonchev–Trinajstić information content (AvgIpc) is 2.53. The molecule has 0 aliphatic heterocycles. The summed E-state index contributed by atoms with van der Waals surface area (Å²) in [5.41, 5.74) is 0. The zero-order valence-electron chi connectivity index (χ0n) is 6.54. The van der Waals surface area contributed by atoms with Crippen LogP contribution in [0.1, 0.15) is 6.92 Å². The molecule has 0 aromatic carbocycles. The van der Waals surface area contributed by atoms with Gasteiger partial charge in [0, 0.05) is 6.08 Å². The molecular formula is C6H8N4O2. The molecule has 0 aliphatic carbocycles. The van der Waals surface area contributed by atoms with Gasteiger partial charge in [-0.15, -0.1) is 15.0 Å². The smallest absolute Gasteiger partial charge is 0.332 e. The second kappa shape index (κ2) is 4.22. The SMILES string of the molecule is CCOC(=O)/C=C/n1ncnn1. The molecular weight excluding hydrogens is 160 g/mol. The van der Waals surface area contributed by atoms with Gasteiger partial charge in [0.15, 0.2) is 6.33 Å². The minimum atomic E-state index is -0.421. The van der Waals surface area contributed by atoms with E-state index in [4.69, 9.17) is 0 Å². The number of hydrogen-bond donors (Lipinski definition) is 0. The van der Waals surface area contributed by atoms with Crippen molar-refractivity contribution in [3.8, 4) is 0 Å². The van der Waals surface area contributed by atoms with E-state index in [0.29, 0.717) is 6.61 Å². The Bertz CT molecular complexity index is 267. The lowest BCUT2D eigenvalue weighted by Crippen LogP contribution is -2.00. The summed E-state index contributed by atoms with van der Waals surface area (Å²) >= 11 is 0. The van der Waals surface area contributed by atoms with Crippen LogP contribution in [-0.2, 0) is 9.53 Å². The fraction of sp³-hybridized carbons (Fsp3) is 0.333. The summed E-state index contributed by atoms with van der Waals surface area (Å²) in [6, 6.07) is 0. The normalized spacial score (nSPS) is 10.4. The lowest BCUT2D eigenvalue weighted by Gasteiger charge is -1.93. The number of carbonyl (C=O) groups is 1. The van der Waals surface area contributed by atoms with Gasteiger partial charge in [-0.3, -0.25) is 0 Å². The van der Waals surface area contributed by atoms with Crippen molar-refractivity contribution in [1.29, 1.82) is 0 Å². The topological polar surface area (TPSA) is 69.9 Å². The van der Waals surface area contributed by atoms with Crippen LogP contribution < -0.4 is 0 Å². The maximum absolute atomic E-state index is 10.7. The van der Waals surface area contributed by atoms with Gasteiger partial charge in [0.2, 0.25) is 0 Å². The van der Waals surface area contributed by atoms with E-state index in [1.165, 1.54) is 18.6 Å². The minimum Gasteiger partial charge on any atom is -0.463 e. The highest BCUT2D eigenvalue weighted by atomic mass is 16.5. The maximum Gasteiger partial charge on any atom is 0.332 e. The van der Waals surface area contributed by atoms with E-state index in [9.17, 15) is 4.79 Å². The van der Waals surface area contributed by atoms with Gasteiger partial charge in [0.05, 0.1) is 12.8 Å². The van der Waals surface area contributed by atoms with E-state index >= 15 is 0 Å². The van der Waals surface area contributed by atoms with E-state index in [2.05, 4.69) is 20.1 Å². The second-order valence-electron chi connectivity index (χ2n) is 1.82. The quantitative estimate of drug-likeness (QED) is 0.458. The van der Waals surface area contributed by atoms with Gasteiger partial charge in [-0.2, -0.15) is 0 Å². The van der Waals surface area contributed by atoms with E-state index < -0.39 is 5.97 Å². The van der Waals surface area contributed by atoms with Crippen molar-refractivity contribution >= 4 is 12.2 Å². The monoisotopic (exact) mass is 168 g/mol. The molecule has 0 N–H and O–H groups in total. The molecule has 1 rings (SSSR count). The highest BCUT2D eigenvalue weighted by Crippen LogP contribution is 1.82. The summed E-state index contributed by atoms with van der Waals surface area (Å²) in [5, 5.41) is 10.6. The van der Waals surface area contributed by atoms with Crippen LogP contribution in [-0.4, -0.2) is 32.8 Å². The maximum atomic E-state index is 10.7. The van der Waals surface area contributed by atoms with Crippen molar-refractivity contribution in [2.45, 2.75) is 6.92 Å². The summed E-state index contributed by atoms with van der Waals surface area (Å²) in [5.74, 6) is -0.421. The number of hydrogen-bond acceptors (Lipinski definition) is 5. The molecule has 0 aliphatic rings. The predicted octanol–water partition coefficient (Wildman–Crippen LogP) is -0.293. The zero-order chi connectivity index (χ0) is 8.81. The first-order valence-corrected chi connectivity index (χ1v) is 3.40. The summed E-state index contributed by atoms with van der Waals surface area (Å²) in [4.78, 5) is 11.9. The lowest BCUT2D eigenvalue weighted by molar-refractivity contribution is -0.137. The molecule has 6 nitrogen and oxygen atoms in total. The first-order valence-electron chi connectivity index (χ1n) is 3.40. The Morgan fingerprint density at radius 2 is 2.58 bits per heavy atom. The number of rotatable bonds is 3. The molecule has 64 valence electrons. The second-order valence-corrected chi connectivity index (χ2v) is 1.82. The zero-order valence-corrected chi connectivity index (χ0v) is 6.54. The van der Waals surface area contributed by atoms with Gasteiger partial charge in [0.1, 0.15) is 0 Å². The first-order chi connectivity index (χ1) is 5.83. The molecule has 0 saturated carbocycles. The molecule has 1 aromatic heterocycles. The highest BCUT2D eigenvalue weighted by Gasteiger charge is 1.93. The summed E-state index contributed by atoms with van der Waals surface area (Å²) in [7, 11) is 0. The predicted molar refractivity (Wildman–Crippen MR) is 39.8 cm³/mol. The van der Waals surface area contributed by atoms with Crippen LogP contribution in [0.15, 0.2) is 12.4 Å². The molecule has 0 atom stereocenters. The summed E-state index contributed by atoms with van der Waals surface area (Å²) in [6.45, 7) is 2.09. The third-order valence-corrected chi connectivity index (χ3v) is 0.995. The van der Waals surface area contributed by atoms with Crippen LogP contribution in [0.3, 0.4) is 0 Å². The van der Waals surface area contributed by atoms with E-state index in [0.717, 1.165) is 4.80 Å². The molecule has 0 bridgehead atoms. The number of ether oxygens (including phenoxy) is 1. The van der Waals surface area contributed by atoms with Crippen molar-refractivity contribution in [2.24, 2.45) is 0 Å². The highest BCUT2D eigenvalue weighted by molar-refractivity contribution is 5.84. The Morgan fingerprint density at radius 3 is 3.17 bits per heavy atom. The molecule has 6 heteroatoms. The van der Waals surface area contributed by atoms with Gasteiger partial charge in [-0.25, -0.2) is 4.79 Å². The van der Waals surface area contributed by atoms with Crippen molar-refractivity contribution in [2.75, 3.05) is 6.61 Å². The number of aromatic nitrogens is 4. The van der Waals surface area contributed by atoms with Gasteiger partial charge in [-0.05, 0) is 12.1 Å². The summed E-state index contributed by atoms with van der Waals surface area (Å²) in [6.07, 6.45) is 3.87. The molecule has 12 heavy (non-hydrogen) atoms. The van der Waals surface area contributed by atoms with E-state index in [-0.39, 0.29) is 0 Å². The molecule has 0 saturated heterocycles. The number of carbonyl (C=O) groups excluding carboxylic acids is 1. The van der Waals surface area contributed by atoms with Crippen LogP contribution in [0.4, 0.5) is 0 Å². The third-order valence-electron chi connectivity index (χ3n) is 0.995. The van der Waals surface area contributed by atoms with Crippen LogP contribution in [0.25, 0.3) is 6.20 Å².